The fourth-order valence-corrected chi connectivity index (χ4v) is 4.19. The third-order valence-corrected chi connectivity index (χ3v) is 5.93. The van der Waals surface area contributed by atoms with E-state index in [2.05, 4.69) is 10.4 Å². The molecule has 0 spiro atoms. The fraction of sp³-hybridized carbons (Fsp3) is 0.318. The van der Waals surface area contributed by atoms with Gasteiger partial charge in [-0.15, -0.1) is 11.3 Å². The molecule has 1 aliphatic heterocycles. The Hall–Kier alpha value is -2.97. The number of hydrogen-bond acceptors (Lipinski definition) is 5. The molecule has 1 atom stereocenters. The Bertz CT molecular complexity index is 995. The molecule has 0 saturated carbocycles. The van der Waals surface area contributed by atoms with Crippen LogP contribution in [0.2, 0.25) is 0 Å². The smallest absolute Gasteiger partial charge is 0.274 e. The van der Waals surface area contributed by atoms with Crippen molar-refractivity contribution in [3.05, 3.63) is 65.2 Å². The van der Waals surface area contributed by atoms with Crippen LogP contribution in [0.15, 0.2) is 53.9 Å². The van der Waals surface area contributed by atoms with Gasteiger partial charge in [-0.25, -0.2) is 0 Å². The maximum atomic E-state index is 12.9. The summed E-state index contributed by atoms with van der Waals surface area (Å²) in [4.78, 5) is 28.3. The van der Waals surface area contributed by atoms with Gasteiger partial charge in [0.2, 0.25) is 5.91 Å². The lowest BCUT2D eigenvalue weighted by Gasteiger charge is -2.25. The molecule has 3 aromatic rings. The molecule has 2 amide bonds. The average Bonchev–Trinajstić information content (AvgIpc) is 3.44. The zero-order chi connectivity index (χ0) is 20.9. The van der Waals surface area contributed by atoms with Crippen LogP contribution in [0.3, 0.4) is 0 Å². The molecule has 1 aromatic carbocycles. The molecule has 1 saturated heterocycles. The summed E-state index contributed by atoms with van der Waals surface area (Å²) in [5.74, 6) is -0.287. The Morgan fingerprint density at radius 1 is 1.17 bits per heavy atom. The highest BCUT2D eigenvalue weighted by atomic mass is 32.1. The van der Waals surface area contributed by atoms with Gasteiger partial charge in [0.15, 0.2) is 5.69 Å². The van der Waals surface area contributed by atoms with E-state index in [0.29, 0.717) is 32.0 Å². The Morgan fingerprint density at radius 2 is 1.93 bits per heavy atom. The first-order valence-electron chi connectivity index (χ1n) is 9.95. The highest BCUT2D eigenvalue weighted by Gasteiger charge is 2.24. The Morgan fingerprint density at radius 3 is 2.63 bits per heavy atom. The van der Waals surface area contributed by atoms with Crippen molar-refractivity contribution in [3.8, 4) is 10.6 Å². The zero-order valence-corrected chi connectivity index (χ0v) is 17.6. The van der Waals surface area contributed by atoms with Crippen molar-refractivity contribution >= 4 is 23.2 Å². The summed E-state index contributed by atoms with van der Waals surface area (Å²) in [5.41, 5.74) is 2.15. The van der Waals surface area contributed by atoms with Crippen molar-refractivity contribution in [1.29, 1.82) is 0 Å². The van der Waals surface area contributed by atoms with Gasteiger partial charge in [-0.2, -0.15) is 5.10 Å². The number of nitrogens with zero attached hydrogens (tertiary/aromatic N) is 3. The van der Waals surface area contributed by atoms with Crippen LogP contribution < -0.4 is 5.32 Å². The molecule has 0 radical (unpaired) electrons. The predicted molar refractivity (Wildman–Crippen MR) is 115 cm³/mol. The number of amides is 2. The standard InChI is InChI=1S/C22H24N4O3S/c1-16(17-6-3-2-4-7-17)23-21(27)15-26-19(20-8-5-13-30-20)14-18(24-26)22(28)25-9-11-29-12-10-25/h2-8,13-14,16H,9-12,15H2,1H3,(H,23,27)/t16-/m0/s1. The summed E-state index contributed by atoms with van der Waals surface area (Å²) >= 11 is 1.55. The van der Waals surface area contributed by atoms with Gasteiger partial charge in [0.05, 0.1) is 29.8 Å². The van der Waals surface area contributed by atoms with Crippen molar-refractivity contribution in [1.82, 2.24) is 20.0 Å². The van der Waals surface area contributed by atoms with Crippen LogP contribution in [-0.4, -0.2) is 52.8 Å². The first-order chi connectivity index (χ1) is 14.6. The number of nitrogens with one attached hydrogen (secondary N) is 1. The van der Waals surface area contributed by atoms with E-state index < -0.39 is 0 Å². The molecule has 8 heteroatoms. The molecule has 1 aliphatic rings. The van der Waals surface area contributed by atoms with E-state index in [9.17, 15) is 9.59 Å². The summed E-state index contributed by atoms with van der Waals surface area (Å²) in [5, 5.41) is 9.47. The minimum absolute atomic E-state index is 0.0425. The van der Waals surface area contributed by atoms with Crippen LogP contribution in [0.4, 0.5) is 0 Å². The van der Waals surface area contributed by atoms with Crippen molar-refractivity contribution in [2.75, 3.05) is 26.3 Å². The highest BCUT2D eigenvalue weighted by molar-refractivity contribution is 7.13. The number of benzene rings is 1. The van der Waals surface area contributed by atoms with Gasteiger partial charge in [0.1, 0.15) is 6.54 Å². The van der Waals surface area contributed by atoms with E-state index in [-0.39, 0.29) is 24.4 Å². The Balaban J connectivity index is 1.53. The van der Waals surface area contributed by atoms with Gasteiger partial charge in [-0.05, 0) is 30.0 Å². The molecule has 1 fully saturated rings. The number of aromatic nitrogens is 2. The number of carbonyl (C=O) groups excluding carboxylic acids is 2. The monoisotopic (exact) mass is 424 g/mol. The van der Waals surface area contributed by atoms with Crippen LogP contribution in [0.1, 0.15) is 29.0 Å². The van der Waals surface area contributed by atoms with Crippen LogP contribution in [-0.2, 0) is 16.1 Å². The number of thiophene rings is 1. The van der Waals surface area contributed by atoms with Gasteiger partial charge in [0.25, 0.3) is 5.91 Å². The minimum Gasteiger partial charge on any atom is -0.378 e. The largest absolute Gasteiger partial charge is 0.378 e. The quantitative estimate of drug-likeness (QED) is 0.660. The van der Waals surface area contributed by atoms with E-state index in [1.165, 1.54) is 0 Å². The number of carbonyl (C=O) groups is 2. The molecule has 1 N–H and O–H groups in total. The molecule has 0 unspecified atom stereocenters. The molecular formula is C22H24N4O3S. The second-order valence-corrected chi connectivity index (χ2v) is 8.10. The van der Waals surface area contributed by atoms with Crippen molar-refractivity contribution in [2.24, 2.45) is 0 Å². The fourth-order valence-electron chi connectivity index (χ4n) is 3.44. The molecule has 7 nitrogen and oxygen atoms in total. The topological polar surface area (TPSA) is 76.5 Å². The normalized spacial score (nSPS) is 15.0. The first kappa shape index (κ1) is 20.3. The van der Waals surface area contributed by atoms with Gasteiger partial charge >= 0.3 is 0 Å². The molecule has 156 valence electrons. The number of ether oxygens (including phenoxy) is 1. The zero-order valence-electron chi connectivity index (χ0n) is 16.8. The molecule has 3 heterocycles. The molecule has 4 rings (SSSR count). The van der Waals surface area contributed by atoms with Gasteiger partial charge in [0, 0.05) is 13.1 Å². The average molecular weight is 425 g/mol. The highest BCUT2D eigenvalue weighted by Crippen LogP contribution is 2.26. The van der Waals surface area contributed by atoms with Crippen LogP contribution in [0, 0.1) is 0 Å². The number of morpholine rings is 1. The van der Waals surface area contributed by atoms with E-state index in [1.807, 2.05) is 54.8 Å². The Kier molecular flexibility index (Phi) is 6.25. The summed E-state index contributed by atoms with van der Waals surface area (Å²) in [6, 6.07) is 15.4. The number of rotatable bonds is 6. The molecule has 2 aromatic heterocycles. The lowest BCUT2D eigenvalue weighted by molar-refractivity contribution is -0.122. The summed E-state index contributed by atoms with van der Waals surface area (Å²) in [6.45, 7) is 4.16. The van der Waals surface area contributed by atoms with Crippen LogP contribution >= 0.6 is 11.3 Å². The molecule has 0 aliphatic carbocycles. The van der Waals surface area contributed by atoms with E-state index in [0.717, 1.165) is 16.1 Å². The van der Waals surface area contributed by atoms with Crippen molar-refractivity contribution in [3.63, 3.8) is 0 Å². The summed E-state index contributed by atoms with van der Waals surface area (Å²) in [6.07, 6.45) is 0. The Labute approximate surface area is 179 Å². The third kappa shape index (κ3) is 4.60. The third-order valence-electron chi connectivity index (χ3n) is 5.04. The molecule has 30 heavy (non-hydrogen) atoms. The second-order valence-electron chi connectivity index (χ2n) is 7.15. The van der Waals surface area contributed by atoms with Gasteiger partial charge in [-0.3, -0.25) is 14.3 Å². The first-order valence-corrected chi connectivity index (χ1v) is 10.8. The SMILES string of the molecule is C[C@H](NC(=O)Cn1nc(C(=O)N2CCOCC2)cc1-c1cccs1)c1ccccc1. The number of hydrogen-bond donors (Lipinski definition) is 1. The predicted octanol–water partition coefficient (Wildman–Crippen LogP) is 2.96. The van der Waals surface area contributed by atoms with Gasteiger partial charge in [-0.1, -0.05) is 36.4 Å². The van der Waals surface area contributed by atoms with Crippen LogP contribution in [0.5, 0.6) is 0 Å². The summed E-state index contributed by atoms with van der Waals surface area (Å²) in [7, 11) is 0. The summed E-state index contributed by atoms with van der Waals surface area (Å²) < 4.78 is 6.95. The van der Waals surface area contributed by atoms with Crippen molar-refractivity contribution in [2.45, 2.75) is 19.5 Å². The second kappa shape index (κ2) is 9.23. The minimum atomic E-state index is -0.155. The van der Waals surface area contributed by atoms with E-state index in [4.69, 9.17) is 4.74 Å². The molecule has 0 bridgehead atoms. The lowest BCUT2D eigenvalue weighted by Crippen LogP contribution is -2.41. The van der Waals surface area contributed by atoms with Crippen molar-refractivity contribution < 1.29 is 14.3 Å². The molecular weight excluding hydrogens is 400 g/mol. The lowest BCUT2D eigenvalue weighted by atomic mass is 10.1. The maximum absolute atomic E-state index is 12.9. The van der Waals surface area contributed by atoms with E-state index in [1.54, 1.807) is 27.0 Å². The maximum Gasteiger partial charge on any atom is 0.274 e. The van der Waals surface area contributed by atoms with Crippen LogP contribution in [0.25, 0.3) is 10.6 Å². The van der Waals surface area contributed by atoms with E-state index >= 15 is 0 Å². The van der Waals surface area contributed by atoms with Gasteiger partial charge < -0.3 is 15.0 Å².